The number of rotatable bonds is 9. The zero-order valence-electron chi connectivity index (χ0n) is 12.2. The lowest BCUT2D eigenvalue weighted by Crippen LogP contribution is -2.33. The molecule has 1 heterocycles. The molecule has 0 aromatic carbocycles. The van der Waals surface area contributed by atoms with Gasteiger partial charge in [-0.25, -0.2) is 18.1 Å². The van der Waals surface area contributed by atoms with Crippen LogP contribution in [0.25, 0.3) is 0 Å². The van der Waals surface area contributed by atoms with Gasteiger partial charge in [0, 0.05) is 32.5 Å². The standard InChI is InChI=1S/C13H23N3O3S/c1-4-14-9-12-5-6-13(15-10-12)20(17,18)16-11(2)7-8-19-3/h5-6,10-11,14,16H,4,7-9H2,1-3H3. The van der Waals surface area contributed by atoms with Gasteiger partial charge in [-0.05, 0) is 31.5 Å². The first-order chi connectivity index (χ1) is 9.49. The maximum atomic E-state index is 12.1. The van der Waals surface area contributed by atoms with Crippen molar-refractivity contribution < 1.29 is 13.2 Å². The highest BCUT2D eigenvalue weighted by Gasteiger charge is 2.18. The van der Waals surface area contributed by atoms with Gasteiger partial charge in [0.05, 0.1) is 0 Å². The van der Waals surface area contributed by atoms with Crippen LogP contribution in [-0.4, -0.2) is 39.7 Å². The second-order valence-corrected chi connectivity index (χ2v) is 6.25. The van der Waals surface area contributed by atoms with Gasteiger partial charge >= 0.3 is 0 Å². The predicted octanol–water partition coefficient (Wildman–Crippen LogP) is 0.894. The van der Waals surface area contributed by atoms with Crippen LogP contribution in [0.3, 0.4) is 0 Å². The number of sulfonamides is 1. The summed E-state index contributed by atoms with van der Waals surface area (Å²) in [6.45, 7) is 5.87. The molecule has 1 aromatic heterocycles. The molecule has 1 rings (SSSR count). The van der Waals surface area contributed by atoms with E-state index in [1.165, 1.54) is 6.07 Å². The van der Waals surface area contributed by atoms with Crippen molar-refractivity contribution in [3.8, 4) is 0 Å². The van der Waals surface area contributed by atoms with Crippen LogP contribution in [0, 0.1) is 0 Å². The van der Waals surface area contributed by atoms with E-state index in [1.54, 1.807) is 26.3 Å². The molecule has 1 aromatic rings. The fraction of sp³-hybridized carbons (Fsp3) is 0.615. The fourth-order valence-corrected chi connectivity index (χ4v) is 2.83. The summed E-state index contributed by atoms with van der Waals surface area (Å²) < 4.78 is 31.7. The Balaban J connectivity index is 2.67. The van der Waals surface area contributed by atoms with Crippen molar-refractivity contribution in [1.29, 1.82) is 0 Å². The Morgan fingerprint density at radius 2 is 2.15 bits per heavy atom. The maximum Gasteiger partial charge on any atom is 0.258 e. The van der Waals surface area contributed by atoms with Gasteiger partial charge < -0.3 is 10.1 Å². The molecular weight excluding hydrogens is 278 g/mol. The Morgan fingerprint density at radius 3 is 2.70 bits per heavy atom. The molecule has 7 heteroatoms. The second kappa shape index (κ2) is 8.31. The summed E-state index contributed by atoms with van der Waals surface area (Å²) in [6.07, 6.45) is 2.20. The van der Waals surface area contributed by atoms with E-state index in [-0.39, 0.29) is 11.1 Å². The number of nitrogens with one attached hydrogen (secondary N) is 2. The number of hydrogen-bond acceptors (Lipinski definition) is 5. The first-order valence-corrected chi connectivity index (χ1v) is 8.14. The van der Waals surface area contributed by atoms with Crippen LogP contribution in [0.15, 0.2) is 23.4 Å². The number of hydrogen-bond donors (Lipinski definition) is 2. The Kier molecular flexibility index (Phi) is 7.08. The topological polar surface area (TPSA) is 80.3 Å². The van der Waals surface area contributed by atoms with Gasteiger partial charge in [-0.1, -0.05) is 13.0 Å². The van der Waals surface area contributed by atoms with Crippen LogP contribution in [0.2, 0.25) is 0 Å². The zero-order valence-corrected chi connectivity index (χ0v) is 13.0. The van der Waals surface area contributed by atoms with Crippen LogP contribution < -0.4 is 10.0 Å². The van der Waals surface area contributed by atoms with E-state index >= 15 is 0 Å². The second-order valence-electron chi connectivity index (χ2n) is 4.59. The lowest BCUT2D eigenvalue weighted by molar-refractivity contribution is 0.188. The summed E-state index contributed by atoms with van der Waals surface area (Å²) >= 11 is 0. The minimum Gasteiger partial charge on any atom is -0.385 e. The quantitative estimate of drug-likeness (QED) is 0.708. The van der Waals surface area contributed by atoms with E-state index in [4.69, 9.17) is 4.74 Å². The molecule has 114 valence electrons. The van der Waals surface area contributed by atoms with Crippen LogP contribution in [0.5, 0.6) is 0 Å². The Bertz CT molecular complexity index is 488. The van der Waals surface area contributed by atoms with Gasteiger partial charge in [0.15, 0.2) is 5.03 Å². The van der Waals surface area contributed by atoms with Crippen LogP contribution in [-0.2, 0) is 21.3 Å². The molecule has 0 spiro atoms. The Morgan fingerprint density at radius 1 is 1.40 bits per heavy atom. The van der Waals surface area contributed by atoms with Gasteiger partial charge in [-0.3, -0.25) is 0 Å². The summed E-state index contributed by atoms with van der Waals surface area (Å²) in [7, 11) is -1.98. The highest BCUT2D eigenvalue weighted by Crippen LogP contribution is 2.08. The van der Waals surface area contributed by atoms with Crippen LogP contribution >= 0.6 is 0 Å². The molecule has 0 aliphatic heterocycles. The maximum absolute atomic E-state index is 12.1. The lowest BCUT2D eigenvalue weighted by Gasteiger charge is -2.13. The average Bonchev–Trinajstić information content (AvgIpc) is 2.43. The van der Waals surface area contributed by atoms with Crippen LogP contribution in [0.1, 0.15) is 25.8 Å². The first kappa shape index (κ1) is 17.0. The average molecular weight is 301 g/mol. The van der Waals surface area contributed by atoms with E-state index in [2.05, 4.69) is 15.0 Å². The molecule has 0 aliphatic carbocycles. The number of pyridine rings is 1. The first-order valence-electron chi connectivity index (χ1n) is 6.66. The third kappa shape index (κ3) is 5.54. The summed E-state index contributed by atoms with van der Waals surface area (Å²) in [5, 5.41) is 3.20. The number of aromatic nitrogens is 1. The number of methoxy groups -OCH3 is 1. The normalized spacial score (nSPS) is 13.3. The highest BCUT2D eigenvalue weighted by atomic mass is 32.2. The molecule has 20 heavy (non-hydrogen) atoms. The minimum absolute atomic E-state index is 0.0435. The van der Waals surface area contributed by atoms with E-state index < -0.39 is 10.0 Å². The summed E-state index contributed by atoms with van der Waals surface area (Å²) in [5.74, 6) is 0. The van der Waals surface area contributed by atoms with Crippen molar-refractivity contribution >= 4 is 10.0 Å². The monoisotopic (exact) mass is 301 g/mol. The minimum atomic E-state index is -3.56. The van der Waals surface area contributed by atoms with Gasteiger partial charge in [0.2, 0.25) is 0 Å². The van der Waals surface area contributed by atoms with E-state index in [0.29, 0.717) is 19.6 Å². The molecule has 0 saturated heterocycles. The van der Waals surface area contributed by atoms with Crippen molar-refractivity contribution in [2.75, 3.05) is 20.3 Å². The van der Waals surface area contributed by atoms with Crippen molar-refractivity contribution in [2.45, 2.75) is 37.9 Å². The Hall–Kier alpha value is -1.02. The largest absolute Gasteiger partial charge is 0.385 e. The smallest absolute Gasteiger partial charge is 0.258 e. The summed E-state index contributed by atoms with van der Waals surface area (Å²) in [5.41, 5.74) is 0.957. The molecule has 0 bridgehead atoms. The number of nitrogens with zero attached hydrogens (tertiary/aromatic N) is 1. The van der Waals surface area contributed by atoms with Crippen LogP contribution in [0.4, 0.5) is 0 Å². The lowest BCUT2D eigenvalue weighted by atomic mass is 10.3. The molecule has 0 aliphatic rings. The summed E-state index contributed by atoms with van der Waals surface area (Å²) in [6, 6.07) is 3.10. The zero-order chi connectivity index (χ0) is 15.0. The summed E-state index contributed by atoms with van der Waals surface area (Å²) in [4.78, 5) is 4.01. The van der Waals surface area contributed by atoms with E-state index in [0.717, 1.165) is 12.1 Å². The molecule has 1 atom stereocenters. The molecule has 1 unspecified atom stereocenters. The predicted molar refractivity (Wildman–Crippen MR) is 77.9 cm³/mol. The third-order valence-electron chi connectivity index (χ3n) is 2.76. The molecule has 0 radical (unpaired) electrons. The van der Waals surface area contributed by atoms with Gasteiger partial charge in [0.1, 0.15) is 0 Å². The molecule has 0 amide bonds. The van der Waals surface area contributed by atoms with E-state index in [1.807, 2.05) is 6.92 Å². The third-order valence-corrected chi connectivity index (χ3v) is 4.27. The van der Waals surface area contributed by atoms with Crippen molar-refractivity contribution in [3.63, 3.8) is 0 Å². The molecule has 0 fully saturated rings. The van der Waals surface area contributed by atoms with Gasteiger partial charge in [-0.2, -0.15) is 0 Å². The van der Waals surface area contributed by atoms with Gasteiger partial charge in [0.25, 0.3) is 10.0 Å². The van der Waals surface area contributed by atoms with Crippen molar-refractivity contribution in [2.24, 2.45) is 0 Å². The highest BCUT2D eigenvalue weighted by molar-refractivity contribution is 7.89. The fourth-order valence-electron chi connectivity index (χ4n) is 1.62. The molecular formula is C13H23N3O3S. The SMILES string of the molecule is CCNCc1ccc(S(=O)(=O)NC(C)CCOC)nc1. The molecule has 2 N–H and O–H groups in total. The molecule has 6 nitrogen and oxygen atoms in total. The molecule has 0 saturated carbocycles. The van der Waals surface area contributed by atoms with Gasteiger partial charge in [-0.15, -0.1) is 0 Å². The van der Waals surface area contributed by atoms with Crippen molar-refractivity contribution in [3.05, 3.63) is 23.9 Å². The van der Waals surface area contributed by atoms with E-state index in [9.17, 15) is 8.42 Å². The van der Waals surface area contributed by atoms with Crippen molar-refractivity contribution in [1.82, 2.24) is 15.0 Å². The number of ether oxygens (including phenoxy) is 1. The Labute approximate surface area is 121 Å².